The molecule has 1 atom stereocenters. The van der Waals surface area contributed by atoms with Crippen LogP contribution in [-0.2, 0) is 0 Å². The molecule has 0 aromatic rings. The van der Waals surface area contributed by atoms with Gasteiger partial charge in [0.1, 0.15) is 0 Å². The highest BCUT2D eigenvalue weighted by Crippen LogP contribution is 2.30. The largest absolute Gasteiger partial charge is 0.366 e. The summed E-state index contributed by atoms with van der Waals surface area (Å²) in [6.07, 6.45) is 18.3. The summed E-state index contributed by atoms with van der Waals surface area (Å²) in [6, 6.07) is 0. The summed E-state index contributed by atoms with van der Waals surface area (Å²) in [5.74, 6) is 0.715. The maximum absolute atomic E-state index is 3.19. The van der Waals surface area contributed by atoms with Crippen LogP contribution in [0.4, 0.5) is 0 Å². The van der Waals surface area contributed by atoms with Gasteiger partial charge in [-0.1, -0.05) is 83.4 Å². The number of hydrogen-bond donors (Lipinski definition) is 1. The van der Waals surface area contributed by atoms with Crippen LogP contribution in [0.5, 0.6) is 0 Å². The molecule has 0 fully saturated rings. The zero-order chi connectivity index (χ0) is 13.8. The molecule has 1 aliphatic heterocycles. The van der Waals surface area contributed by atoms with Crippen molar-refractivity contribution < 1.29 is 0 Å². The molecule has 1 heterocycles. The van der Waals surface area contributed by atoms with E-state index < -0.39 is 0 Å². The van der Waals surface area contributed by atoms with Crippen LogP contribution >= 0.6 is 11.8 Å². The second-order valence-electron chi connectivity index (χ2n) is 5.65. The second-order valence-corrected chi connectivity index (χ2v) is 6.63. The molecule has 0 bridgehead atoms. The third kappa shape index (κ3) is 8.41. The van der Waals surface area contributed by atoms with E-state index in [0.29, 0.717) is 5.92 Å². The molecule has 0 radical (unpaired) electrons. The van der Waals surface area contributed by atoms with Gasteiger partial charge < -0.3 is 5.32 Å². The minimum atomic E-state index is 0.715. The monoisotopic (exact) mass is 281 g/mol. The highest BCUT2D eigenvalue weighted by molar-refractivity contribution is 8.05. The summed E-state index contributed by atoms with van der Waals surface area (Å²) in [5.41, 5.74) is 0. The molecule has 0 spiro atoms. The Bertz CT molecular complexity index is 270. The fourth-order valence-electron chi connectivity index (χ4n) is 2.48. The van der Waals surface area contributed by atoms with Crippen LogP contribution in [0.2, 0.25) is 0 Å². The SMILES string of the molecule is CCCCCCCCCCCC(C)C1=CNC=CS1. The number of thioether (sulfide) groups is 1. The average molecular weight is 282 g/mol. The van der Waals surface area contributed by atoms with Crippen LogP contribution in [0, 0.1) is 5.92 Å². The van der Waals surface area contributed by atoms with Crippen LogP contribution in [-0.4, -0.2) is 0 Å². The normalized spacial score (nSPS) is 16.0. The molecular formula is C17H31NS. The first-order valence-electron chi connectivity index (χ1n) is 8.12. The number of rotatable bonds is 11. The lowest BCUT2D eigenvalue weighted by atomic mass is 10.0. The predicted molar refractivity (Wildman–Crippen MR) is 89.0 cm³/mol. The first kappa shape index (κ1) is 16.7. The van der Waals surface area contributed by atoms with E-state index >= 15 is 0 Å². The van der Waals surface area contributed by atoms with Crippen LogP contribution in [0.25, 0.3) is 0 Å². The Labute approximate surface area is 124 Å². The van der Waals surface area contributed by atoms with Crippen molar-refractivity contribution in [3.8, 4) is 0 Å². The molecule has 0 saturated heterocycles. The van der Waals surface area contributed by atoms with E-state index in [1.165, 1.54) is 69.1 Å². The van der Waals surface area contributed by atoms with Crippen molar-refractivity contribution in [3.63, 3.8) is 0 Å². The molecule has 110 valence electrons. The van der Waals surface area contributed by atoms with Gasteiger partial charge in [-0.05, 0) is 17.7 Å². The predicted octanol–water partition coefficient (Wildman–Crippen LogP) is 6.19. The quantitative estimate of drug-likeness (QED) is 0.453. The van der Waals surface area contributed by atoms with Crippen molar-refractivity contribution >= 4 is 11.8 Å². The molecule has 1 N–H and O–H groups in total. The highest BCUT2D eigenvalue weighted by atomic mass is 32.2. The average Bonchev–Trinajstić information content (AvgIpc) is 2.46. The standard InChI is InChI=1S/C17H31NS/c1-3-4-5-6-7-8-9-10-11-12-16(2)17-15-18-13-14-19-17/h13-16,18H,3-12H2,1-2H3. The minimum absolute atomic E-state index is 0.715. The van der Waals surface area contributed by atoms with Gasteiger partial charge >= 0.3 is 0 Å². The van der Waals surface area contributed by atoms with Gasteiger partial charge in [-0.25, -0.2) is 0 Å². The molecule has 1 unspecified atom stereocenters. The Hall–Kier alpha value is -0.370. The van der Waals surface area contributed by atoms with Gasteiger partial charge in [0.05, 0.1) is 0 Å². The molecule has 0 saturated carbocycles. The van der Waals surface area contributed by atoms with Crippen molar-refractivity contribution in [3.05, 3.63) is 22.7 Å². The summed E-state index contributed by atoms with van der Waals surface area (Å²) in [6.45, 7) is 4.64. The van der Waals surface area contributed by atoms with Crippen LogP contribution in [0.3, 0.4) is 0 Å². The topological polar surface area (TPSA) is 12.0 Å². The fourth-order valence-corrected chi connectivity index (χ4v) is 3.27. The maximum Gasteiger partial charge on any atom is 0.0107 e. The smallest absolute Gasteiger partial charge is 0.0107 e. The minimum Gasteiger partial charge on any atom is -0.366 e. The van der Waals surface area contributed by atoms with Crippen molar-refractivity contribution in [2.45, 2.75) is 78.1 Å². The molecule has 0 aromatic carbocycles. The van der Waals surface area contributed by atoms with Crippen molar-refractivity contribution in [2.24, 2.45) is 5.92 Å². The number of unbranched alkanes of at least 4 members (excludes halogenated alkanes) is 8. The van der Waals surface area contributed by atoms with E-state index in [2.05, 4.69) is 30.8 Å². The molecule has 19 heavy (non-hydrogen) atoms. The van der Waals surface area contributed by atoms with Gasteiger partial charge in [-0.3, -0.25) is 0 Å². The van der Waals surface area contributed by atoms with Crippen molar-refractivity contribution in [1.29, 1.82) is 0 Å². The van der Waals surface area contributed by atoms with Crippen LogP contribution in [0.15, 0.2) is 22.7 Å². The molecule has 1 rings (SSSR count). The lowest BCUT2D eigenvalue weighted by Gasteiger charge is -2.16. The zero-order valence-corrected chi connectivity index (χ0v) is 13.6. The summed E-state index contributed by atoms with van der Waals surface area (Å²) in [4.78, 5) is 1.49. The van der Waals surface area contributed by atoms with E-state index in [1.54, 1.807) is 0 Å². The van der Waals surface area contributed by atoms with Gasteiger partial charge in [-0.2, -0.15) is 0 Å². The molecule has 2 heteroatoms. The Morgan fingerprint density at radius 1 is 1.00 bits per heavy atom. The van der Waals surface area contributed by atoms with Crippen LogP contribution in [0.1, 0.15) is 78.1 Å². The molecule has 0 aromatic heterocycles. The van der Waals surface area contributed by atoms with E-state index in [1.807, 2.05) is 18.0 Å². The van der Waals surface area contributed by atoms with E-state index in [9.17, 15) is 0 Å². The van der Waals surface area contributed by atoms with Gasteiger partial charge in [0.25, 0.3) is 0 Å². The summed E-state index contributed by atoms with van der Waals surface area (Å²) < 4.78 is 0. The molecule has 0 aliphatic carbocycles. The first-order chi connectivity index (χ1) is 9.34. The number of allylic oxidation sites excluding steroid dienone is 1. The Morgan fingerprint density at radius 2 is 1.63 bits per heavy atom. The summed E-state index contributed by atoms with van der Waals surface area (Å²) >= 11 is 1.87. The van der Waals surface area contributed by atoms with Crippen molar-refractivity contribution in [2.75, 3.05) is 0 Å². The summed E-state index contributed by atoms with van der Waals surface area (Å²) in [5, 5.41) is 5.33. The summed E-state index contributed by atoms with van der Waals surface area (Å²) in [7, 11) is 0. The molecule has 1 nitrogen and oxygen atoms in total. The number of hydrogen-bond acceptors (Lipinski definition) is 2. The first-order valence-corrected chi connectivity index (χ1v) is 9.00. The van der Waals surface area contributed by atoms with Gasteiger partial charge in [0, 0.05) is 17.3 Å². The molecule has 0 amide bonds. The second kappa shape index (κ2) is 11.5. The lowest BCUT2D eigenvalue weighted by Crippen LogP contribution is -2.04. The Balaban J connectivity index is 1.89. The van der Waals surface area contributed by atoms with Crippen molar-refractivity contribution in [1.82, 2.24) is 5.32 Å². The highest BCUT2D eigenvalue weighted by Gasteiger charge is 2.09. The lowest BCUT2D eigenvalue weighted by molar-refractivity contribution is 0.526. The molecule has 1 aliphatic rings. The Morgan fingerprint density at radius 3 is 2.21 bits per heavy atom. The Kier molecular flexibility index (Phi) is 10.1. The third-order valence-electron chi connectivity index (χ3n) is 3.82. The van der Waals surface area contributed by atoms with Gasteiger partial charge in [0.2, 0.25) is 0 Å². The van der Waals surface area contributed by atoms with E-state index in [-0.39, 0.29) is 0 Å². The van der Waals surface area contributed by atoms with Gasteiger partial charge in [-0.15, -0.1) is 0 Å². The van der Waals surface area contributed by atoms with Gasteiger partial charge in [0.15, 0.2) is 0 Å². The third-order valence-corrected chi connectivity index (χ3v) is 4.88. The van der Waals surface area contributed by atoms with Crippen LogP contribution < -0.4 is 5.32 Å². The maximum atomic E-state index is 3.19. The van der Waals surface area contributed by atoms with E-state index in [4.69, 9.17) is 0 Å². The zero-order valence-electron chi connectivity index (χ0n) is 12.8. The number of nitrogens with one attached hydrogen (secondary N) is 1. The fraction of sp³-hybridized carbons (Fsp3) is 0.765. The van der Waals surface area contributed by atoms with E-state index in [0.717, 1.165) is 0 Å². The molecular weight excluding hydrogens is 250 g/mol.